The molecule has 0 fully saturated rings. The first-order chi connectivity index (χ1) is 7.47. The summed E-state index contributed by atoms with van der Waals surface area (Å²) in [5.41, 5.74) is 0.866. The molecular weight excluding hydrogens is 198 g/mol. The molecule has 0 aromatic rings. The molecule has 0 unspecified atom stereocenters. The van der Waals surface area contributed by atoms with Gasteiger partial charge in [0.2, 0.25) is 0 Å². The SMILES string of the molecule is C/C=C(/C)C(=O)[C@@H](NC(C)C)C(CC)CC. The number of hydrogen-bond donors (Lipinski definition) is 1. The molecule has 0 aliphatic carbocycles. The molecule has 0 saturated carbocycles. The Bertz CT molecular complexity index is 239. The summed E-state index contributed by atoms with van der Waals surface area (Å²) in [6.45, 7) is 12.3. The van der Waals surface area contributed by atoms with Crippen molar-refractivity contribution in [1.29, 1.82) is 0 Å². The Morgan fingerprint density at radius 3 is 2.06 bits per heavy atom. The van der Waals surface area contributed by atoms with Gasteiger partial charge in [0.05, 0.1) is 6.04 Å². The first kappa shape index (κ1) is 15.4. The van der Waals surface area contributed by atoms with Crippen molar-refractivity contribution in [2.45, 2.75) is 66.5 Å². The van der Waals surface area contributed by atoms with E-state index >= 15 is 0 Å². The van der Waals surface area contributed by atoms with Crippen LogP contribution in [0.1, 0.15) is 54.4 Å². The number of Topliss-reactive ketones (excluding diaryl/α,β-unsaturated/α-hetero) is 1. The highest BCUT2D eigenvalue weighted by molar-refractivity contribution is 5.99. The smallest absolute Gasteiger partial charge is 0.175 e. The number of hydrogen-bond acceptors (Lipinski definition) is 2. The summed E-state index contributed by atoms with van der Waals surface area (Å²) in [7, 11) is 0. The van der Waals surface area contributed by atoms with Crippen LogP contribution in [-0.4, -0.2) is 17.9 Å². The number of carbonyl (C=O) groups is 1. The van der Waals surface area contributed by atoms with Crippen LogP contribution in [0.15, 0.2) is 11.6 Å². The van der Waals surface area contributed by atoms with Crippen molar-refractivity contribution in [2.24, 2.45) is 5.92 Å². The molecule has 0 rings (SSSR count). The molecule has 0 bridgehead atoms. The molecule has 2 heteroatoms. The summed E-state index contributed by atoms with van der Waals surface area (Å²) in [6, 6.07) is 0.324. The van der Waals surface area contributed by atoms with Gasteiger partial charge >= 0.3 is 0 Å². The van der Waals surface area contributed by atoms with Gasteiger partial charge < -0.3 is 5.32 Å². The molecule has 1 atom stereocenters. The van der Waals surface area contributed by atoms with Crippen molar-refractivity contribution in [3.8, 4) is 0 Å². The van der Waals surface area contributed by atoms with E-state index in [1.165, 1.54) is 0 Å². The zero-order chi connectivity index (χ0) is 12.7. The lowest BCUT2D eigenvalue weighted by molar-refractivity contribution is -0.119. The Balaban J connectivity index is 4.85. The standard InChI is InChI=1S/C14H27NO/c1-7-11(6)14(16)13(15-10(4)5)12(8-2)9-3/h7,10,12-13,15H,8-9H2,1-6H3/b11-7-/t13-/m0/s1. The fourth-order valence-electron chi connectivity index (χ4n) is 1.93. The molecule has 94 valence electrons. The second-order valence-electron chi connectivity index (χ2n) is 4.71. The first-order valence-corrected chi connectivity index (χ1v) is 6.40. The van der Waals surface area contributed by atoms with Crippen LogP contribution in [0.25, 0.3) is 0 Å². The lowest BCUT2D eigenvalue weighted by Gasteiger charge is -2.27. The third-order valence-electron chi connectivity index (χ3n) is 3.14. The topological polar surface area (TPSA) is 29.1 Å². The maximum atomic E-state index is 12.2. The van der Waals surface area contributed by atoms with Gasteiger partial charge in [0.25, 0.3) is 0 Å². The van der Waals surface area contributed by atoms with E-state index in [1.54, 1.807) is 0 Å². The van der Waals surface area contributed by atoms with Crippen LogP contribution < -0.4 is 5.32 Å². The van der Waals surface area contributed by atoms with Crippen LogP contribution in [0.2, 0.25) is 0 Å². The maximum absolute atomic E-state index is 12.2. The Labute approximate surface area is 101 Å². The normalized spacial score (nSPS) is 14.6. The van der Waals surface area contributed by atoms with Gasteiger partial charge in [-0.25, -0.2) is 0 Å². The largest absolute Gasteiger partial charge is 0.305 e. The second kappa shape index (κ2) is 7.61. The summed E-state index contributed by atoms with van der Waals surface area (Å²) < 4.78 is 0. The minimum atomic E-state index is -0.0220. The van der Waals surface area contributed by atoms with Crippen molar-refractivity contribution in [2.75, 3.05) is 0 Å². The lowest BCUT2D eigenvalue weighted by Crippen LogP contribution is -2.46. The van der Waals surface area contributed by atoms with Gasteiger partial charge in [-0.1, -0.05) is 46.6 Å². The van der Waals surface area contributed by atoms with E-state index in [0.29, 0.717) is 12.0 Å². The molecule has 0 spiro atoms. The monoisotopic (exact) mass is 225 g/mol. The Hall–Kier alpha value is -0.630. The number of rotatable bonds is 7. The highest BCUT2D eigenvalue weighted by Crippen LogP contribution is 2.17. The number of carbonyl (C=O) groups excluding carboxylic acids is 1. The van der Waals surface area contributed by atoms with Crippen LogP contribution in [0.5, 0.6) is 0 Å². The second-order valence-corrected chi connectivity index (χ2v) is 4.71. The van der Waals surface area contributed by atoms with Gasteiger partial charge in [0.1, 0.15) is 0 Å². The Kier molecular flexibility index (Phi) is 7.31. The minimum absolute atomic E-state index is 0.0220. The summed E-state index contributed by atoms with van der Waals surface area (Å²) in [5, 5.41) is 3.41. The molecule has 1 N–H and O–H groups in total. The van der Waals surface area contributed by atoms with E-state index in [0.717, 1.165) is 18.4 Å². The highest BCUT2D eigenvalue weighted by atomic mass is 16.1. The number of nitrogens with one attached hydrogen (secondary N) is 1. The Morgan fingerprint density at radius 2 is 1.75 bits per heavy atom. The Morgan fingerprint density at radius 1 is 1.25 bits per heavy atom. The molecule has 0 amide bonds. The third kappa shape index (κ3) is 4.48. The number of ketones is 1. The third-order valence-corrected chi connectivity index (χ3v) is 3.14. The van der Waals surface area contributed by atoms with Gasteiger partial charge in [-0.15, -0.1) is 0 Å². The lowest BCUT2D eigenvalue weighted by atomic mass is 9.88. The molecule has 0 heterocycles. The van der Waals surface area contributed by atoms with E-state index < -0.39 is 0 Å². The maximum Gasteiger partial charge on any atom is 0.175 e. The van der Waals surface area contributed by atoms with Crippen molar-refractivity contribution in [1.82, 2.24) is 5.32 Å². The molecule has 0 aromatic heterocycles. The van der Waals surface area contributed by atoms with E-state index in [-0.39, 0.29) is 11.8 Å². The van der Waals surface area contributed by atoms with Crippen LogP contribution in [0, 0.1) is 5.92 Å². The van der Waals surface area contributed by atoms with E-state index in [2.05, 4.69) is 33.0 Å². The van der Waals surface area contributed by atoms with Crippen LogP contribution in [0.3, 0.4) is 0 Å². The zero-order valence-electron chi connectivity index (χ0n) is 11.6. The first-order valence-electron chi connectivity index (χ1n) is 6.40. The molecular formula is C14H27NO. The van der Waals surface area contributed by atoms with Crippen molar-refractivity contribution < 1.29 is 4.79 Å². The van der Waals surface area contributed by atoms with E-state index in [9.17, 15) is 4.79 Å². The van der Waals surface area contributed by atoms with Crippen LogP contribution >= 0.6 is 0 Å². The van der Waals surface area contributed by atoms with Crippen LogP contribution in [0.4, 0.5) is 0 Å². The fraction of sp³-hybridized carbons (Fsp3) is 0.786. The molecule has 2 nitrogen and oxygen atoms in total. The van der Waals surface area contributed by atoms with E-state index in [1.807, 2.05) is 19.9 Å². The quantitative estimate of drug-likeness (QED) is 0.673. The predicted octanol–water partition coefficient (Wildman–Crippen LogP) is 3.32. The molecule has 0 aliphatic rings. The van der Waals surface area contributed by atoms with Gasteiger partial charge in [-0.3, -0.25) is 4.79 Å². The minimum Gasteiger partial charge on any atom is -0.305 e. The molecule has 0 radical (unpaired) electrons. The number of allylic oxidation sites excluding steroid dienone is 1. The summed E-state index contributed by atoms with van der Waals surface area (Å²) in [4.78, 5) is 12.2. The molecule has 16 heavy (non-hydrogen) atoms. The summed E-state index contributed by atoms with van der Waals surface area (Å²) in [6.07, 6.45) is 3.99. The summed E-state index contributed by atoms with van der Waals surface area (Å²) in [5.74, 6) is 0.690. The van der Waals surface area contributed by atoms with Gasteiger partial charge in [0.15, 0.2) is 5.78 Å². The molecule has 0 aliphatic heterocycles. The van der Waals surface area contributed by atoms with Crippen molar-refractivity contribution in [3.63, 3.8) is 0 Å². The van der Waals surface area contributed by atoms with E-state index in [4.69, 9.17) is 0 Å². The van der Waals surface area contributed by atoms with Crippen LogP contribution in [-0.2, 0) is 4.79 Å². The molecule has 0 saturated heterocycles. The van der Waals surface area contributed by atoms with Gasteiger partial charge in [-0.05, 0) is 25.3 Å². The van der Waals surface area contributed by atoms with Gasteiger partial charge in [-0.2, -0.15) is 0 Å². The summed E-state index contributed by atoms with van der Waals surface area (Å²) >= 11 is 0. The van der Waals surface area contributed by atoms with Gasteiger partial charge in [0, 0.05) is 6.04 Å². The highest BCUT2D eigenvalue weighted by Gasteiger charge is 2.26. The molecule has 0 aromatic carbocycles. The van der Waals surface area contributed by atoms with Crippen molar-refractivity contribution >= 4 is 5.78 Å². The van der Waals surface area contributed by atoms with Crippen molar-refractivity contribution in [3.05, 3.63) is 11.6 Å². The fourth-order valence-corrected chi connectivity index (χ4v) is 1.93. The average molecular weight is 225 g/mol. The zero-order valence-corrected chi connectivity index (χ0v) is 11.6. The predicted molar refractivity (Wildman–Crippen MR) is 70.6 cm³/mol. The average Bonchev–Trinajstić information content (AvgIpc) is 2.26.